The molecule has 0 rings (SSSR count). The molecule has 0 heterocycles. The summed E-state index contributed by atoms with van der Waals surface area (Å²) in [4.78, 5) is 0. The Kier molecular flexibility index (Phi) is 375. The minimum Gasteiger partial charge on any atom is -2.00 e. The second-order valence-electron chi connectivity index (χ2n) is 0. The number of hydrogen-bond acceptors (Lipinski definition) is 0. The third kappa shape index (κ3) is 22.2. The SMILES string of the molecule is [Cr].[Mo+6].[S-2].[S-2].[S-2]. The van der Waals surface area contributed by atoms with E-state index in [1.807, 2.05) is 0 Å². The molecule has 0 amide bonds. The summed E-state index contributed by atoms with van der Waals surface area (Å²) in [7, 11) is 0. The Bertz CT molecular complexity index is 6.85. The third-order valence-electron chi connectivity index (χ3n) is 0. The van der Waals surface area contributed by atoms with E-state index in [0.29, 0.717) is 0 Å². The fourth-order valence-electron chi connectivity index (χ4n) is 0. The summed E-state index contributed by atoms with van der Waals surface area (Å²) in [5, 5.41) is 0. The van der Waals surface area contributed by atoms with E-state index in [0.717, 1.165) is 0 Å². The van der Waals surface area contributed by atoms with E-state index in [4.69, 9.17) is 0 Å². The van der Waals surface area contributed by atoms with Gasteiger partial charge in [0.15, 0.2) is 0 Å². The molecular weight excluding hydrogens is 244 g/mol. The molecule has 0 N–H and O–H groups in total. The van der Waals surface area contributed by atoms with Crippen molar-refractivity contribution in [2.45, 2.75) is 0 Å². The van der Waals surface area contributed by atoms with Crippen molar-refractivity contribution in [1.29, 1.82) is 0 Å². The van der Waals surface area contributed by atoms with E-state index in [1.54, 1.807) is 0 Å². The molecule has 0 fully saturated rings. The Labute approximate surface area is 78.2 Å². The van der Waals surface area contributed by atoms with Gasteiger partial charge in [0, 0.05) is 17.4 Å². The smallest absolute Gasteiger partial charge is 2.00 e. The van der Waals surface area contributed by atoms with Crippen LogP contribution >= 0.6 is 0 Å². The Morgan fingerprint density at radius 3 is 0.600 bits per heavy atom. The van der Waals surface area contributed by atoms with Gasteiger partial charge >= 0.3 is 21.1 Å². The van der Waals surface area contributed by atoms with Crippen LogP contribution < -0.4 is 0 Å². The fraction of sp³-hybridized carbons (Fsp3) is 0. The largest absolute Gasteiger partial charge is 6.00 e. The molecule has 0 unspecified atom stereocenters. The van der Waals surface area contributed by atoms with Gasteiger partial charge in [0.05, 0.1) is 0 Å². The molecule has 5 heavy (non-hydrogen) atoms. The Morgan fingerprint density at radius 2 is 0.600 bits per heavy atom. The topological polar surface area (TPSA) is 0 Å². The van der Waals surface area contributed by atoms with E-state index < -0.39 is 0 Å². The first-order valence-corrected chi connectivity index (χ1v) is 0. The maximum atomic E-state index is 0. The maximum absolute atomic E-state index is 0. The maximum Gasteiger partial charge on any atom is 6.00 e. The van der Waals surface area contributed by atoms with Gasteiger partial charge in [-0.1, -0.05) is 0 Å². The van der Waals surface area contributed by atoms with Gasteiger partial charge < -0.3 is 40.5 Å². The number of hydrogen-bond donors (Lipinski definition) is 0. The molecule has 0 atom stereocenters. The first kappa shape index (κ1) is 55.4. The molecule has 0 aromatic carbocycles. The predicted molar refractivity (Wildman–Crippen MR) is 22.1 cm³/mol. The Hall–Kier alpha value is 2.27. The van der Waals surface area contributed by atoms with Crippen molar-refractivity contribution in [3.8, 4) is 0 Å². The van der Waals surface area contributed by atoms with Crippen LogP contribution in [0.2, 0.25) is 0 Å². The Balaban J connectivity index is 0. The molecule has 0 aliphatic heterocycles. The average molecular weight is 244 g/mol. The van der Waals surface area contributed by atoms with E-state index in [9.17, 15) is 0 Å². The fourth-order valence-corrected chi connectivity index (χ4v) is 0. The van der Waals surface area contributed by atoms with Crippen LogP contribution in [0.3, 0.4) is 0 Å². The molecule has 0 saturated carbocycles. The van der Waals surface area contributed by atoms with Crippen molar-refractivity contribution >= 4 is 40.5 Å². The Morgan fingerprint density at radius 1 is 0.600 bits per heavy atom. The summed E-state index contributed by atoms with van der Waals surface area (Å²) < 4.78 is 0. The van der Waals surface area contributed by atoms with Crippen LogP contribution in [0.15, 0.2) is 0 Å². The minimum absolute atomic E-state index is 0. The summed E-state index contributed by atoms with van der Waals surface area (Å²) >= 11 is 0. The van der Waals surface area contributed by atoms with Crippen LogP contribution in [-0.2, 0) is 78.9 Å². The van der Waals surface area contributed by atoms with Crippen molar-refractivity contribution in [2.75, 3.05) is 0 Å². The van der Waals surface area contributed by atoms with Gasteiger partial charge in [-0.2, -0.15) is 0 Å². The zero-order valence-electron chi connectivity index (χ0n) is 2.04. The molecule has 0 radical (unpaired) electrons. The second-order valence-corrected chi connectivity index (χ2v) is 0. The van der Waals surface area contributed by atoms with Gasteiger partial charge in [0.1, 0.15) is 0 Å². The van der Waals surface area contributed by atoms with Gasteiger partial charge in [-0.3, -0.25) is 0 Å². The van der Waals surface area contributed by atoms with E-state index in [1.165, 1.54) is 0 Å². The standard InChI is InChI=1S/Cr.Mo.3S/q;+6;3*-2. The molecule has 0 spiro atoms. The third-order valence-corrected chi connectivity index (χ3v) is 0. The molecule has 0 aliphatic rings. The summed E-state index contributed by atoms with van der Waals surface area (Å²) in [5.41, 5.74) is 0. The molecule has 30 valence electrons. The molecule has 0 nitrogen and oxygen atoms in total. The summed E-state index contributed by atoms with van der Waals surface area (Å²) in [5.74, 6) is 0. The van der Waals surface area contributed by atoms with Gasteiger partial charge in [-0.05, 0) is 0 Å². The average Bonchev–Trinajstić information content (AvgIpc) is 0. The van der Waals surface area contributed by atoms with Crippen LogP contribution in [0.5, 0.6) is 0 Å². The minimum atomic E-state index is 0. The zero-order valence-corrected chi connectivity index (χ0v) is 7.77. The zero-order chi connectivity index (χ0) is 0. The van der Waals surface area contributed by atoms with Crippen LogP contribution in [0.4, 0.5) is 0 Å². The van der Waals surface area contributed by atoms with Crippen LogP contribution in [0.25, 0.3) is 0 Å². The normalized spacial score (nSPS) is 0. The first-order chi connectivity index (χ1) is 0. The predicted octanol–water partition coefficient (Wildman–Crippen LogP) is -0.0122. The summed E-state index contributed by atoms with van der Waals surface area (Å²) in [6, 6.07) is 0. The van der Waals surface area contributed by atoms with Gasteiger partial charge in [0.2, 0.25) is 0 Å². The second kappa shape index (κ2) is 33.8. The van der Waals surface area contributed by atoms with Gasteiger partial charge in [-0.25, -0.2) is 0 Å². The molecule has 0 aliphatic carbocycles. The van der Waals surface area contributed by atoms with Crippen molar-refractivity contribution in [1.82, 2.24) is 0 Å². The molecular formula is CrMoS3. The molecule has 0 aromatic heterocycles. The van der Waals surface area contributed by atoms with Crippen molar-refractivity contribution < 1.29 is 38.4 Å². The monoisotopic (exact) mass is 246 g/mol. The quantitative estimate of drug-likeness (QED) is 0.526. The van der Waals surface area contributed by atoms with Crippen molar-refractivity contribution in [3.05, 3.63) is 0 Å². The number of rotatable bonds is 0. The van der Waals surface area contributed by atoms with Crippen LogP contribution in [0.1, 0.15) is 0 Å². The molecule has 5 heteroatoms. The van der Waals surface area contributed by atoms with Crippen LogP contribution in [0, 0.1) is 0 Å². The molecule has 0 aromatic rings. The van der Waals surface area contributed by atoms with Crippen LogP contribution in [-0.4, -0.2) is 0 Å². The van der Waals surface area contributed by atoms with E-state index in [2.05, 4.69) is 0 Å². The first-order valence-electron chi connectivity index (χ1n) is 0. The summed E-state index contributed by atoms with van der Waals surface area (Å²) in [6.45, 7) is 0. The van der Waals surface area contributed by atoms with E-state index >= 15 is 0 Å². The van der Waals surface area contributed by atoms with Crippen molar-refractivity contribution in [2.24, 2.45) is 0 Å². The van der Waals surface area contributed by atoms with E-state index in [-0.39, 0.29) is 78.9 Å². The molecule has 0 bridgehead atoms. The molecule has 0 saturated heterocycles. The summed E-state index contributed by atoms with van der Waals surface area (Å²) in [6.07, 6.45) is 0. The van der Waals surface area contributed by atoms with Gasteiger partial charge in [-0.15, -0.1) is 0 Å². The van der Waals surface area contributed by atoms with Gasteiger partial charge in [0.25, 0.3) is 0 Å². The van der Waals surface area contributed by atoms with Crippen molar-refractivity contribution in [3.63, 3.8) is 0 Å².